The maximum absolute atomic E-state index is 14.3. The Balaban J connectivity index is 1.52. The molecule has 0 radical (unpaired) electrons. The van der Waals surface area contributed by atoms with Gasteiger partial charge in [-0.3, -0.25) is 14.5 Å². The highest BCUT2D eigenvalue weighted by Crippen LogP contribution is 2.30. The summed E-state index contributed by atoms with van der Waals surface area (Å²) in [6.07, 6.45) is -0.366. The molecule has 4 rings (SSSR count). The lowest BCUT2D eigenvalue weighted by molar-refractivity contribution is -0.142. The Hall–Kier alpha value is -3.39. The van der Waals surface area contributed by atoms with Crippen LogP contribution in [0.1, 0.15) is 71.9 Å². The lowest BCUT2D eigenvalue weighted by Crippen LogP contribution is -2.61. The van der Waals surface area contributed by atoms with Crippen molar-refractivity contribution in [2.24, 2.45) is 5.41 Å². The highest BCUT2D eigenvalue weighted by Gasteiger charge is 2.47. The van der Waals surface area contributed by atoms with Crippen molar-refractivity contribution in [1.82, 2.24) is 25.8 Å². The van der Waals surface area contributed by atoms with Gasteiger partial charge in [0.15, 0.2) is 0 Å². The fourth-order valence-corrected chi connectivity index (χ4v) is 5.61. The fraction of sp³-hybridized carbons (Fsp3) is 0.655. The van der Waals surface area contributed by atoms with E-state index in [-0.39, 0.29) is 26.1 Å². The number of carbonyl (C=O) groups excluding carboxylic acids is 4. The zero-order valence-electron chi connectivity index (χ0n) is 25.7. The van der Waals surface area contributed by atoms with Crippen LogP contribution < -0.4 is 16.0 Å². The molecule has 0 bridgehead atoms. The molecule has 0 saturated carbocycles. The van der Waals surface area contributed by atoms with Crippen LogP contribution in [0, 0.1) is 11.2 Å². The van der Waals surface area contributed by atoms with Crippen LogP contribution in [0.25, 0.3) is 0 Å². The molecule has 2 saturated heterocycles. The first kappa shape index (κ1) is 32.5. The molecule has 1 unspecified atom stereocenters. The largest absolute Gasteiger partial charge is 0.478 e. The van der Waals surface area contributed by atoms with Gasteiger partial charge in [0.05, 0.1) is 19.0 Å². The Labute approximate surface area is 252 Å². The maximum atomic E-state index is 14.3. The van der Waals surface area contributed by atoms with Crippen LogP contribution in [0.15, 0.2) is 18.2 Å². The SMILES string of the molecule is CC(C)(C)NC(=O)N[C@H](C(=O)N1C[C@H](OC(=O)N2Cc3cccc(F)c3C2)C[C@H]1C(=O)NC1CCCOB1O)C(C)(C)C. The normalized spacial score (nSPS) is 23.0. The molecule has 2 fully saturated rings. The van der Waals surface area contributed by atoms with Crippen molar-refractivity contribution in [3.8, 4) is 0 Å². The van der Waals surface area contributed by atoms with E-state index in [0.29, 0.717) is 30.6 Å². The average molecular weight is 604 g/mol. The van der Waals surface area contributed by atoms with Crippen LogP contribution in [0.5, 0.6) is 0 Å². The van der Waals surface area contributed by atoms with E-state index in [1.54, 1.807) is 32.9 Å². The van der Waals surface area contributed by atoms with Gasteiger partial charge in [-0.2, -0.15) is 0 Å². The molecule has 3 heterocycles. The minimum absolute atomic E-state index is 0.00713. The number of fused-ring (bicyclic) bond motifs is 1. The monoisotopic (exact) mass is 603 g/mol. The zero-order chi connectivity index (χ0) is 31.7. The van der Waals surface area contributed by atoms with Crippen molar-refractivity contribution in [2.45, 2.75) is 104 Å². The predicted octanol–water partition coefficient (Wildman–Crippen LogP) is 2.07. The van der Waals surface area contributed by atoms with Gasteiger partial charge in [0.25, 0.3) is 0 Å². The number of nitrogens with zero attached hydrogens (tertiary/aromatic N) is 2. The van der Waals surface area contributed by atoms with E-state index in [9.17, 15) is 28.6 Å². The summed E-state index contributed by atoms with van der Waals surface area (Å²) < 4.78 is 25.3. The Morgan fingerprint density at radius 1 is 1.14 bits per heavy atom. The Bertz CT molecular complexity index is 1240. The lowest BCUT2D eigenvalue weighted by Gasteiger charge is -2.36. The minimum Gasteiger partial charge on any atom is -0.444 e. The molecule has 5 amide bonds. The summed E-state index contributed by atoms with van der Waals surface area (Å²) in [5.41, 5.74) is -0.161. The molecule has 12 nitrogen and oxygen atoms in total. The molecule has 4 N–H and O–H groups in total. The maximum Gasteiger partial charge on any atom is 0.478 e. The summed E-state index contributed by atoms with van der Waals surface area (Å²) >= 11 is 0. The molecule has 0 aromatic heterocycles. The smallest absolute Gasteiger partial charge is 0.444 e. The lowest BCUT2D eigenvalue weighted by atomic mass is 9.74. The molecule has 4 atom stereocenters. The van der Waals surface area contributed by atoms with Crippen LogP contribution in [0.2, 0.25) is 0 Å². The first-order chi connectivity index (χ1) is 20.0. The van der Waals surface area contributed by atoms with E-state index in [4.69, 9.17) is 9.39 Å². The van der Waals surface area contributed by atoms with Crippen molar-refractivity contribution in [2.75, 3.05) is 13.2 Å². The van der Waals surface area contributed by atoms with Crippen LogP contribution >= 0.6 is 0 Å². The molecule has 236 valence electrons. The van der Waals surface area contributed by atoms with Crippen molar-refractivity contribution < 1.29 is 38.0 Å². The predicted molar refractivity (Wildman–Crippen MR) is 156 cm³/mol. The third-order valence-electron chi connectivity index (χ3n) is 7.80. The third-order valence-corrected chi connectivity index (χ3v) is 7.80. The molecule has 0 aliphatic carbocycles. The van der Waals surface area contributed by atoms with Crippen LogP contribution in [0.3, 0.4) is 0 Å². The number of carbonyl (C=O) groups is 4. The number of hydrogen-bond acceptors (Lipinski definition) is 7. The van der Waals surface area contributed by atoms with Gasteiger partial charge in [-0.05, 0) is 50.7 Å². The number of nitrogens with one attached hydrogen (secondary N) is 3. The van der Waals surface area contributed by atoms with Gasteiger partial charge in [0, 0.05) is 30.7 Å². The molecule has 3 aliphatic rings. The first-order valence-corrected chi connectivity index (χ1v) is 14.7. The topological polar surface area (TPSA) is 150 Å². The average Bonchev–Trinajstić information content (AvgIpc) is 3.52. The second kappa shape index (κ2) is 12.7. The number of halogens is 1. The zero-order valence-corrected chi connectivity index (χ0v) is 25.7. The van der Waals surface area contributed by atoms with Gasteiger partial charge in [-0.15, -0.1) is 0 Å². The van der Waals surface area contributed by atoms with Crippen LogP contribution in [-0.2, 0) is 32.1 Å². The van der Waals surface area contributed by atoms with E-state index in [1.807, 2.05) is 20.8 Å². The van der Waals surface area contributed by atoms with Crippen LogP contribution in [0.4, 0.5) is 14.0 Å². The second-order valence-electron chi connectivity index (χ2n) is 13.6. The summed E-state index contributed by atoms with van der Waals surface area (Å²) in [6, 6.07) is 2.09. The van der Waals surface area contributed by atoms with Crippen LogP contribution in [-0.4, -0.2) is 88.7 Å². The molecule has 43 heavy (non-hydrogen) atoms. The van der Waals surface area contributed by atoms with Gasteiger partial charge < -0.3 is 35.3 Å². The van der Waals surface area contributed by atoms with Crippen molar-refractivity contribution in [3.63, 3.8) is 0 Å². The Morgan fingerprint density at radius 2 is 1.86 bits per heavy atom. The third kappa shape index (κ3) is 7.97. The van der Waals surface area contributed by atoms with Gasteiger partial charge in [0.1, 0.15) is 24.0 Å². The summed E-state index contributed by atoms with van der Waals surface area (Å²) in [5.74, 6) is -2.09. The fourth-order valence-electron chi connectivity index (χ4n) is 5.61. The summed E-state index contributed by atoms with van der Waals surface area (Å²) in [7, 11) is -1.18. The molecular formula is C29H43BFN5O7. The van der Waals surface area contributed by atoms with E-state index in [2.05, 4.69) is 16.0 Å². The molecule has 0 spiro atoms. The molecule has 1 aromatic rings. The number of urea groups is 1. The summed E-state index contributed by atoms with van der Waals surface area (Å²) in [4.78, 5) is 56.3. The first-order valence-electron chi connectivity index (χ1n) is 14.7. The van der Waals surface area contributed by atoms with Crippen molar-refractivity contribution in [3.05, 3.63) is 35.1 Å². The molecular weight excluding hydrogens is 560 g/mol. The number of amides is 5. The quantitative estimate of drug-likeness (QED) is 0.377. The van der Waals surface area contributed by atoms with Gasteiger partial charge in [-0.1, -0.05) is 32.9 Å². The second-order valence-corrected chi connectivity index (χ2v) is 13.6. The Morgan fingerprint density at radius 3 is 2.49 bits per heavy atom. The van der Waals surface area contributed by atoms with Crippen molar-refractivity contribution in [1.29, 1.82) is 0 Å². The summed E-state index contributed by atoms with van der Waals surface area (Å²) in [6.45, 7) is 11.4. The highest BCUT2D eigenvalue weighted by atomic mass is 19.1. The Kier molecular flexibility index (Phi) is 9.60. The molecule has 14 heteroatoms. The van der Waals surface area contributed by atoms with E-state index < -0.39 is 72.0 Å². The number of ether oxygens (including phenoxy) is 1. The minimum atomic E-state index is -1.18. The summed E-state index contributed by atoms with van der Waals surface area (Å²) in [5, 5.41) is 18.6. The number of rotatable bonds is 5. The number of likely N-dealkylation sites (tertiary alicyclic amines) is 1. The van der Waals surface area contributed by atoms with E-state index in [1.165, 1.54) is 15.9 Å². The standard InChI is InChI=1S/C29H43BFN5O7/c1-28(2,3)23(33-26(39)34-29(4,5)6)25(38)36-15-18(13-21(36)24(37)32-22-11-8-12-42-30(22)41)43-27(40)35-14-17-9-7-10-20(31)19(17)16-35/h7,9-10,18,21-23,41H,8,11-16H2,1-6H3,(H,32,37)(H2,33,34,39)/t18-,21+,22?,23-/m1/s1. The molecule has 3 aliphatic heterocycles. The van der Waals surface area contributed by atoms with E-state index >= 15 is 0 Å². The van der Waals surface area contributed by atoms with E-state index in [0.717, 1.165) is 0 Å². The van der Waals surface area contributed by atoms with Crippen molar-refractivity contribution >= 4 is 31.1 Å². The highest BCUT2D eigenvalue weighted by molar-refractivity contribution is 6.45. The van der Waals surface area contributed by atoms with Gasteiger partial charge in [0.2, 0.25) is 11.8 Å². The number of hydrogen-bond donors (Lipinski definition) is 4. The van der Waals surface area contributed by atoms with Gasteiger partial charge in [-0.25, -0.2) is 14.0 Å². The molecule has 1 aromatic carbocycles. The van der Waals surface area contributed by atoms with Gasteiger partial charge >= 0.3 is 19.2 Å². The number of benzene rings is 1.